The Labute approximate surface area is 220 Å². The SMILES string of the molecule is CC(=O)N1CC(N2CCC(c3cc(C#N)cc(Nc4nc(NC5CC5)c5ncc(C)n5n4)c3Cl)CC2)C1. The minimum atomic E-state index is 0.146. The molecule has 3 fully saturated rings. The van der Waals surface area contributed by atoms with Crippen LogP contribution in [0.15, 0.2) is 18.3 Å². The first-order valence-electron chi connectivity index (χ1n) is 12.9. The van der Waals surface area contributed by atoms with Crippen molar-refractivity contribution in [3.8, 4) is 6.07 Å². The molecule has 11 heteroatoms. The Kier molecular flexibility index (Phi) is 6.13. The second-order valence-corrected chi connectivity index (χ2v) is 10.8. The molecule has 2 saturated heterocycles. The Balaban J connectivity index is 1.23. The average Bonchev–Trinajstić information content (AvgIpc) is 3.60. The molecule has 0 atom stereocenters. The summed E-state index contributed by atoms with van der Waals surface area (Å²) in [6, 6.07) is 6.82. The lowest BCUT2D eigenvalue weighted by Crippen LogP contribution is -2.61. The molecule has 1 aliphatic carbocycles. The van der Waals surface area contributed by atoms with Gasteiger partial charge in [-0.1, -0.05) is 11.6 Å². The number of imidazole rings is 1. The Hall–Kier alpha value is -3.42. The summed E-state index contributed by atoms with van der Waals surface area (Å²) in [7, 11) is 0. The summed E-state index contributed by atoms with van der Waals surface area (Å²) in [6.45, 7) is 7.11. The standard InChI is InChI=1S/C26H30ClN9O/c1-15-12-29-25-24(30-19-3-4-19)32-26(33-36(15)25)31-22-10-17(11-28)9-21(23(22)27)18-5-7-34(8-6-18)20-13-35(14-20)16(2)37/h9-10,12,18-20H,3-8,13-14H2,1-2H3,(H2,30,31,32,33). The van der Waals surface area contributed by atoms with Gasteiger partial charge in [-0.25, -0.2) is 9.50 Å². The molecular formula is C26H30ClN9O. The Bertz CT molecular complexity index is 1400. The fraction of sp³-hybridized carbons (Fsp3) is 0.500. The van der Waals surface area contributed by atoms with Crippen LogP contribution in [0.3, 0.4) is 0 Å². The molecule has 10 nitrogen and oxygen atoms in total. The monoisotopic (exact) mass is 519 g/mol. The van der Waals surface area contributed by atoms with Gasteiger partial charge in [0.2, 0.25) is 11.9 Å². The molecule has 0 bridgehead atoms. The first-order chi connectivity index (χ1) is 17.9. The van der Waals surface area contributed by atoms with Gasteiger partial charge in [-0.3, -0.25) is 9.69 Å². The topological polar surface area (TPSA) is 114 Å². The lowest BCUT2D eigenvalue weighted by Gasteiger charge is -2.47. The summed E-state index contributed by atoms with van der Waals surface area (Å²) in [5.74, 6) is 1.49. The van der Waals surface area contributed by atoms with Crippen molar-refractivity contribution in [1.29, 1.82) is 5.26 Å². The number of hydrogen-bond acceptors (Lipinski definition) is 8. The van der Waals surface area contributed by atoms with Crippen LogP contribution in [0.5, 0.6) is 0 Å². The molecule has 4 heterocycles. The summed E-state index contributed by atoms with van der Waals surface area (Å²) < 4.78 is 1.77. The van der Waals surface area contributed by atoms with Crippen LogP contribution in [0.1, 0.15) is 55.3 Å². The number of halogens is 1. The number of rotatable bonds is 6. The van der Waals surface area contributed by atoms with Crippen LogP contribution in [0, 0.1) is 18.3 Å². The highest BCUT2D eigenvalue weighted by atomic mass is 35.5. The molecule has 0 unspecified atom stereocenters. The number of nitrogens with zero attached hydrogens (tertiary/aromatic N) is 7. The summed E-state index contributed by atoms with van der Waals surface area (Å²) in [6.07, 6.45) is 5.92. The third-order valence-electron chi connectivity index (χ3n) is 7.72. The molecule has 3 aliphatic rings. The number of nitrogens with one attached hydrogen (secondary N) is 2. The van der Waals surface area contributed by atoms with E-state index in [-0.39, 0.29) is 11.8 Å². The van der Waals surface area contributed by atoms with Crippen LogP contribution in [0.4, 0.5) is 17.5 Å². The lowest BCUT2D eigenvalue weighted by atomic mass is 9.87. The average molecular weight is 520 g/mol. The fourth-order valence-electron chi connectivity index (χ4n) is 5.30. The molecule has 1 saturated carbocycles. The van der Waals surface area contributed by atoms with Gasteiger partial charge in [-0.05, 0) is 69.3 Å². The first-order valence-corrected chi connectivity index (χ1v) is 13.3. The van der Waals surface area contributed by atoms with Gasteiger partial charge in [-0.2, -0.15) is 10.2 Å². The van der Waals surface area contributed by atoms with Crippen LogP contribution in [-0.2, 0) is 4.79 Å². The molecule has 2 aromatic heterocycles. The van der Waals surface area contributed by atoms with Crippen LogP contribution >= 0.6 is 11.6 Å². The highest BCUT2D eigenvalue weighted by Gasteiger charge is 2.35. The number of likely N-dealkylation sites (tertiary alicyclic amines) is 2. The van der Waals surface area contributed by atoms with Crippen molar-refractivity contribution in [2.24, 2.45) is 0 Å². The summed E-state index contributed by atoms with van der Waals surface area (Å²) in [5, 5.41) is 21.7. The van der Waals surface area contributed by atoms with E-state index in [1.807, 2.05) is 17.9 Å². The van der Waals surface area contributed by atoms with Crippen molar-refractivity contribution in [3.63, 3.8) is 0 Å². The van der Waals surface area contributed by atoms with Gasteiger partial charge < -0.3 is 15.5 Å². The number of aryl methyl sites for hydroxylation is 1. The van der Waals surface area contributed by atoms with Crippen LogP contribution in [0.25, 0.3) is 5.65 Å². The number of piperidine rings is 1. The largest absolute Gasteiger partial charge is 0.364 e. The van der Waals surface area contributed by atoms with Crippen molar-refractivity contribution in [2.75, 3.05) is 36.8 Å². The third kappa shape index (κ3) is 4.69. The van der Waals surface area contributed by atoms with Gasteiger partial charge in [-0.15, -0.1) is 5.10 Å². The predicted molar refractivity (Wildman–Crippen MR) is 141 cm³/mol. The van der Waals surface area contributed by atoms with Gasteiger partial charge in [0.05, 0.1) is 34.2 Å². The number of nitriles is 1. The number of anilines is 3. The summed E-state index contributed by atoms with van der Waals surface area (Å²) >= 11 is 6.95. The van der Waals surface area contributed by atoms with Crippen molar-refractivity contribution in [1.82, 2.24) is 29.4 Å². The van der Waals surface area contributed by atoms with Crippen molar-refractivity contribution < 1.29 is 4.79 Å². The molecule has 192 valence electrons. The lowest BCUT2D eigenvalue weighted by molar-refractivity contribution is -0.136. The fourth-order valence-corrected chi connectivity index (χ4v) is 5.61. The van der Waals surface area contributed by atoms with E-state index in [1.165, 1.54) is 0 Å². The van der Waals surface area contributed by atoms with E-state index < -0.39 is 0 Å². The molecule has 2 N–H and O–H groups in total. The zero-order valence-electron chi connectivity index (χ0n) is 21.0. The van der Waals surface area contributed by atoms with E-state index >= 15 is 0 Å². The Morgan fingerprint density at radius 2 is 1.95 bits per heavy atom. The molecule has 37 heavy (non-hydrogen) atoms. The second kappa shape index (κ2) is 9.47. The van der Waals surface area contributed by atoms with E-state index in [1.54, 1.807) is 23.7 Å². The van der Waals surface area contributed by atoms with E-state index in [9.17, 15) is 10.1 Å². The maximum Gasteiger partial charge on any atom is 0.247 e. The maximum atomic E-state index is 11.5. The van der Waals surface area contributed by atoms with Crippen LogP contribution in [0.2, 0.25) is 5.02 Å². The normalized spacial score (nSPS) is 19.0. The minimum absolute atomic E-state index is 0.146. The molecule has 1 amide bonds. The number of carbonyl (C=O) groups excluding carboxylic acids is 1. The van der Waals surface area contributed by atoms with Crippen LogP contribution < -0.4 is 10.6 Å². The van der Waals surface area contributed by atoms with Gasteiger partial charge in [0.15, 0.2) is 11.5 Å². The number of aromatic nitrogens is 4. The first kappa shape index (κ1) is 23.9. The molecule has 6 rings (SSSR count). The minimum Gasteiger partial charge on any atom is -0.364 e. The molecule has 2 aliphatic heterocycles. The van der Waals surface area contributed by atoms with Crippen molar-refractivity contribution >= 4 is 40.6 Å². The van der Waals surface area contributed by atoms with Crippen molar-refractivity contribution in [3.05, 3.63) is 40.2 Å². The highest BCUT2D eigenvalue weighted by Crippen LogP contribution is 2.39. The van der Waals surface area contributed by atoms with Gasteiger partial charge in [0, 0.05) is 32.1 Å². The summed E-state index contributed by atoms with van der Waals surface area (Å²) in [5.41, 5.74) is 3.76. The number of carbonyl (C=O) groups is 1. The van der Waals surface area contributed by atoms with E-state index in [2.05, 4.69) is 31.7 Å². The Morgan fingerprint density at radius 3 is 2.62 bits per heavy atom. The smallest absolute Gasteiger partial charge is 0.247 e. The van der Waals surface area contributed by atoms with E-state index in [0.29, 0.717) is 45.8 Å². The van der Waals surface area contributed by atoms with E-state index in [4.69, 9.17) is 16.6 Å². The highest BCUT2D eigenvalue weighted by molar-refractivity contribution is 6.34. The molecule has 0 radical (unpaired) electrons. The number of amides is 1. The van der Waals surface area contributed by atoms with Gasteiger partial charge in [0.25, 0.3) is 0 Å². The third-order valence-corrected chi connectivity index (χ3v) is 8.14. The van der Waals surface area contributed by atoms with Crippen molar-refractivity contribution in [2.45, 2.75) is 57.5 Å². The zero-order valence-corrected chi connectivity index (χ0v) is 21.8. The number of fused-ring (bicyclic) bond motifs is 1. The maximum absolute atomic E-state index is 11.5. The molecule has 0 spiro atoms. The number of hydrogen-bond donors (Lipinski definition) is 2. The van der Waals surface area contributed by atoms with Crippen LogP contribution in [-0.4, -0.2) is 73.6 Å². The molecule has 3 aromatic rings. The summed E-state index contributed by atoms with van der Waals surface area (Å²) in [4.78, 5) is 25.1. The van der Waals surface area contributed by atoms with Gasteiger partial charge >= 0.3 is 0 Å². The zero-order chi connectivity index (χ0) is 25.7. The van der Waals surface area contributed by atoms with Gasteiger partial charge in [0.1, 0.15) is 0 Å². The molecular weight excluding hydrogens is 490 g/mol. The second-order valence-electron chi connectivity index (χ2n) is 10.4. The predicted octanol–water partition coefficient (Wildman–Crippen LogP) is 3.69. The number of benzene rings is 1. The Morgan fingerprint density at radius 1 is 1.19 bits per heavy atom. The molecule has 1 aromatic carbocycles. The quantitative estimate of drug-likeness (QED) is 0.507. The van der Waals surface area contributed by atoms with E-state index in [0.717, 1.165) is 63.1 Å².